The van der Waals surface area contributed by atoms with Crippen molar-refractivity contribution in [3.8, 4) is 33.5 Å². The van der Waals surface area contributed by atoms with Crippen LogP contribution in [0.5, 0.6) is 0 Å². The molecule has 0 radical (unpaired) electrons. The predicted octanol–water partition coefficient (Wildman–Crippen LogP) is 11.3. The summed E-state index contributed by atoms with van der Waals surface area (Å²) in [5.41, 5.74) is 12.6. The molecule has 0 saturated heterocycles. The quantitative estimate of drug-likeness (QED) is 0.164. The SMILES string of the molecule is c1ccc(CC2CC2c2nccc(-c3ccccn3)c2N(c2ccc(-c3ccccc3)cc2)c2ccc(-c3ccccc3)cc2)cc1. The van der Waals surface area contributed by atoms with Gasteiger partial charge in [0.25, 0.3) is 0 Å². The van der Waals surface area contributed by atoms with Gasteiger partial charge in [0.15, 0.2) is 0 Å². The fraction of sp³-hybridized carbons (Fsp3) is 0.0909. The molecule has 3 nitrogen and oxygen atoms in total. The normalized spacial score (nSPS) is 15.2. The van der Waals surface area contributed by atoms with Gasteiger partial charge in [0.2, 0.25) is 0 Å². The molecule has 2 atom stereocenters. The van der Waals surface area contributed by atoms with Crippen molar-refractivity contribution in [1.29, 1.82) is 0 Å². The highest BCUT2D eigenvalue weighted by Gasteiger charge is 2.42. The van der Waals surface area contributed by atoms with E-state index >= 15 is 0 Å². The van der Waals surface area contributed by atoms with Crippen molar-refractivity contribution in [2.45, 2.75) is 18.8 Å². The van der Waals surface area contributed by atoms with Gasteiger partial charge < -0.3 is 4.90 Å². The second kappa shape index (κ2) is 12.9. The van der Waals surface area contributed by atoms with Gasteiger partial charge in [-0.3, -0.25) is 9.97 Å². The zero-order valence-corrected chi connectivity index (χ0v) is 26.2. The molecular formula is C44H35N3. The van der Waals surface area contributed by atoms with Crippen molar-refractivity contribution in [2.24, 2.45) is 5.92 Å². The number of benzene rings is 5. The monoisotopic (exact) mass is 605 g/mol. The fourth-order valence-corrected chi connectivity index (χ4v) is 6.70. The minimum Gasteiger partial charge on any atom is -0.308 e. The molecule has 0 N–H and O–H groups in total. The summed E-state index contributed by atoms with van der Waals surface area (Å²) < 4.78 is 0. The molecule has 0 spiro atoms. The Hall–Kier alpha value is -5.80. The Morgan fingerprint density at radius 2 is 1.02 bits per heavy atom. The lowest BCUT2D eigenvalue weighted by atomic mass is 9.99. The van der Waals surface area contributed by atoms with Gasteiger partial charge in [0.05, 0.1) is 17.1 Å². The minimum atomic E-state index is 0.364. The number of aromatic nitrogens is 2. The van der Waals surface area contributed by atoms with Crippen LogP contribution in [0.1, 0.15) is 23.6 Å². The maximum absolute atomic E-state index is 5.15. The first-order valence-electron chi connectivity index (χ1n) is 16.4. The number of hydrogen-bond acceptors (Lipinski definition) is 3. The van der Waals surface area contributed by atoms with Gasteiger partial charge in [-0.1, -0.05) is 121 Å². The van der Waals surface area contributed by atoms with Crippen molar-refractivity contribution in [3.63, 3.8) is 0 Å². The lowest BCUT2D eigenvalue weighted by molar-refractivity contribution is 0.783. The van der Waals surface area contributed by atoms with Crippen LogP contribution < -0.4 is 4.90 Å². The van der Waals surface area contributed by atoms with Gasteiger partial charge >= 0.3 is 0 Å². The van der Waals surface area contributed by atoms with E-state index in [1.807, 2.05) is 18.5 Å². The average Bonchev–Trinajstić information content (AvgIpc) is 3.92. The molecule has 2 aromatic heterocycles. The van der Waals surface area contributed by atoms with E-state index in [-0.39, 0.29) is 0 Å². The molecule has 1 aliphatic rings. The van der Waals surface area contributed by atoms with Crippen molar-refractivity contribution in [1.82, 2.24) is 9.97 Å². The molecule has 5 aromatic carbocycles. The molecule has 0 aliphatic heterocycles. The highest BCUT2D eigenvalue weighted by atomic mass is 15.2. The third-order valence-electron chi connectivity index (χ3n) is 9.20. The summed E-state index contributed by atoms with van der Waals surface area (Å²) in [6.07, 6.45) is 6.02. The molecule has 7 aromatic rings. The smallest absolute Gasteiger partial charge is 0.0774 e. The summed E-state index contributed by atoms with van der Waals surface area (Å²) in [6.45, 7) is 0. The average molecular weight is 606 g/mol. The maximum atomic E-state index is 5.15. The van der Waals surface area contributed by atoms with Crippen LogP contribution >= 0.6 is 0 Å². The summed E-state index contributed by atoms with van der Waals surface area (Å²) in [4.78, 5) is 12.4. The molecule has 1 fully saturated rings. The number of anilines is 3. The second-order valence-corrected chi connectivity index (χ2v) is 12.3. The Bertz CT molecular complexity index is 1980. The van der Waals surface area contributed by atoms with E-state index in [0.29, 0.717) is 11.8 Å². The fourth-order valence-electron chi connectivity index (χ4n) is 6.70. The van der Waals surface area contributed by atoms with Crippen molar-refractivity contribution in [2.75, 3.05) is 4.90 Å². The summed E-state index contributed by atoms with van der Waals surface area (Å²) in [7, 11) is 0. The molecule has 1 saturated carbocycles. The van der Waals surface area contributed by atoms with Gasteiger partial charge in [0, 0.05) is 35.2 Å². The van der Waals surface area contributed by atoms with Crippen LogP contribution in [-0.4, -0.2) is 9.97 Å². The molecule has 2 unspecified atom stereocenters. The Morgan fingerprint density at radius 3 is 1.57 bits per heavy atom. The van der Waals surface area contributed by atoms with Gasteiger partial charge in [-0.15, -0.1) is 0 Å². The molecule has 3 heteroatoms. The van der Waals surface area contributed by atoms with Crippen LogP contribution in [-0.2, 0) is 6.42 Å². The number of rotatable bonds is 9. The number of nitrogens with zero attached hydrogens (tertiary/aromatic N) is 3. The van der Waals surface area contributed by atoms with E-state index in [2.05, 4.69) is 163 Å². The molecule has 0 amide bonds. The van der Waals surface area contributed by atoms with Gasteiger partial charge in [0.1, 0.15) is 0 Å². The van der Waals surface area contributed by atoms with Crippen LogP contribution in [0.15, 0.2) is 176 Å². The van der Waals surface area contributed by atoms with Crippen LogP contribution in [0.3, 0.4) is 0 Å². The highest BCUT2D eigenvalue weighted by Crippen LogP contribution is 2.54. The van der Waals surface area contributed by atoms with E-state index in [0.717, 1.165) is 46.9 Å². The van der Waals surface area contributed by atoms with Crippen LogP contribution in [0.4, 0.5) is 17.1 Å². The maximum Gasteiger partial charge on any atom is 0.0774 e. The van der Waals surface area contributed by atoms with E-state index < -0.39 is 0 Å². The predicted molar refractivity (Wildman–Crippen MR) is 194 cm³/mol. The molecule has 1 aliphatic carbocycles. The lowest BCUT2D eigenvalue weighted by Gasteiger charge is -2.30. The van der Waals surface area contributed by atoms with E-state index in [1.165, 1.54) is 27.8 Å². The first kappa shape index (κ1) is 28.7. The second-order valence-electron chi connectivity index (χ2n) is 12.3. The van der Waals surface area contributed by atoms with Crippen LogP contribution in [0.2, 0.25) is 0 Å². The van der Waals surface area contributed by atoms with Crippen LogP contribution in [0.25, 0.3) is 33.5 Å². The van der Waals surface area contributed by atoms with Gasteiger partial charge in [-0.2, -0.15) is 0 Å². The zero-order valence-electron chi connectivity index (χ0n) is 26.2. The largest absolute Gasteiger partial charge is 0.308 e. The van der Waals surface area contributed by atoms with Gasteiger partial charge in [-0.05, 0) is 89.0 Å². The molecular weight excluding hydrogens is 571 g/mol. The molecule has 0 bridgehead atoms. The van der Waals surface area contributed by atoms with Crippen molar-refractivity contribution >= 4 is 17.1 Å². The minimum absolute atomic E-state index is 0.364. The lowest BCUT2D eigenvalue weighted by Crippen LogP contribution is -2.15. The number of hydrogen-bond donors (Lipinski definition) is 0. The molecule has 2 heterocycles. The summed E-state index contributed by atoms with van der Waals surface area (Å²) in [5, 5.41) is 0. The third-order valence-corrected chi connectivity index (χ3v) is 9.20. The van der Waals surface area contributed by atoms with E-state index in [4.69, 9.17) is 9.97 Å². The molecule has 47 heavy (non-hydrogen) atoms. The Labute approximate surface area is 276 Å². The Balaban J connectivity index is 1.27. The van der Waals surface area contributed by atoms with E-state index in [9.17, 15) is 0 Å². The van der Waals surface area contributed by atoms with Gasteiger partial charge in [-0.25, -0.2) is 0 Å². The summed E-state index contributed by atoms with van der Waals surface area (Å²) >= 11 is 0. The standard InChI is InChI=1S/C44H35N3/c1-4-12-32(13-5-1)30-37-31-41(37)43-44(40(27-29-46-43)42-18-10-11-28-45-42)47(38-23-19-35(20-24-38)33-14-6-2-7-15-33)39-25-21-36(22-26-39)34-16-8-3-9-17-34/h1-29,37,41H,30-31H2. The zero-order chi connectivity index (χ0) is 31.4. The molecule has 226 valence electrons. The van der Waals surface area contributed by atoms with E-state index in [1.54, 1.807) is 0 Å². The molecule has 8 rings (SSSR count). The summed E-state index contributed by atoms with van der Waals surface area (Å²) in [5.74, 6) is 0.911. The highest BCUT2D eigenvalue weighted by molar-refractivity contribution is 5.89. The topological polar surface area (TPSA) is 29.0 Å². The van der Waals surface area contributed by atoms with Crippen molar-refractivity contribution in [3.05, 3.63) is 187 Å². The Morgan fingerprint density at radius 1 is 0.489 bits per heavy atom. The first-order chi connectivity index (χ1) is 23.3. The summed E-state index contributed by atoms with van der Waals surface area (Å²) in [6, 6.07) is 58.1. The number of pyridine rings is 2. The van der Waals surface area contributed by atoms with Crippen molar-refractivity contribution < 1.29 is 0 Å². The van der Waals surface area contributed by atoms with Crippen LogP contribution in [0, 0.1) is 5.92 Å². The Kier molecular flexibility index (Phi) is 7.87. The third kappa shape index (κ3) is 6.08. The first-order valence-corrected chi connectivity index (χ1v) is 16.4.